The molecule has 1 N–H and O–H groups in total. The van der Waals surface area contributed by atoms with Gasteiger partial charge in [-0.1, -0.05) is 23.7 Å². The Bertz CT molecular complexity index is 880. The van der Waals surface area contributed by atoms with Gasteiger partial charge in [-0.15, -0.1) is 0 Å². The normalized spacial score (nSPS) is 11.7. The van der Waals surface area contributed by atoms with Crippen molar-refractivity contribution in [2.75, 3.05) is 27.4 Å². The van der Waals surface area contributed by atoms with E-state index in [9.17, 15) is 18.4 Å². The van der Waals surface area contributed by atoms with Crippen LogP contribution in [0.3, 0.4) is 0 Å². The van der Waals surface area contributed by atoms with Crippen molar-refractivity contribution in [3.63, 3.8) is 0 Å². The van der Waals surface area contributed by atoms with E-state index >= 15 is 0 Å². The van der Waals surface area contributed by atoms with Crippen molar-refractivity contribution in [3.8, 4) is 5.75 Å². The minimum atomic E-state index is -3.08. The van der Waals surface area contributed by atoms with Gasteiger partial charge in [0.25, 0.3) is 0 Å². The lowest BCUT2D eigenvalue weighted by Crippen LogP contribution is -2.27. The highest BCUT2D eigenvalue weighted by atomic mass is 35.5. The highest BCUT2D eigenvalue weighted by molar-refractivity contribution is 6.30. The monoisotopic (exact) mass is 443 g/mol. The second kappa shape index (κ2) is 11.3. The number of alkyl carbamates (subject to hydrolysis) is 1. The third-order valence-electron chi connectivity index (χ3n) is 3.87. The number of esters is 1. The fourth-order valence-electron chi connectivity index (χ4n) is 2.64. The molecule has 0 aliphatic carbocycles. The van der Waals surface area contributed by atoms with Crippen LogP contribution in [-0.2, 0) is 14.2 Å². The highest BCUT2D eigenvalue weighted by Crippen LogP contribution is 2.32. The first kappa shape index (κ1) is 23.4. The SMILES string of the molecule is COC(=O)NCCO[C@H](c1cccc(Cl)c1)c1cc(OC(F)F)cc(C(=O)OC)c1. The number of carbonyl (C=O) groups excluding carboxylic acids is 2. The molecule has 162 valence electrons. The van der Waals surface area contributed by atoms with Crippen LogP contribution < -0.4 is 10.1 Å². The van der Waals surface area contributed by atoms with Crippen LogP contribution in [0.2, 0.25) is 5.02 Å². The standard InChI is InChI=1S/C20H20ClF2NO6/c1-27-18(25)14-8-13(10-16(11-14)30-19(22)23)17(12-4-3-5-15(21)9-12)29-7-6-24-20(26)28-2/h3-5,8-11,17,19H,6-7H2,1-2H3,(H,24,26)/t17-/m1/s1. The lowest BCUT2D eigenvalue weighted by molar-refractivity contribution is -0.0501. The van der Waals surface area contributed by atoms with Gasteiger partial charge in [0.05, 0.1) is 26.4 Å². The minimum Gasteiger partial charge on any atom is -0.465 e. The lowest BCUT2D eigenvalue weighted by Gasteiger charge is -2.21. The Kier molecular flexibility index (Phi) is 8.82. The van der Waals surface area contributed by atoms with E-state index in [4.69, 9.17) is 16.3 Å². The zero-order valence-electron chi connectivity index (χ0n) is 16.2. The summed E-state index contributed by atoms with van der Waals surface area (Å²) in [5.74, 6) is -0.959. The fourth-order valence-corrected chi connectivity index (χ4v) is 2.84. The number of halogens is 3. The third-order valence-corrected chi connectivity index (χ3v) is 4.11. The number of methoxy groups -OCH3 is 2. The molecule has 2 rings (SSSR count). The number of hydrogen-bond acceptors (Lipinski definition) is 6. The van der Waals surface area contributed by atoms with E-state index in [1.54, 1.807) is 24.3 Å². The minimum absolute atomic E-state index is 0.00830. The zero-order chi connectivity index (χ0) is 22.1. The van der Waals surface area contributed by atoms with Crippen LogP contribution in [-0.4, -0.2) is 46.0 Å². The Balaban J connectivity index is 2.40. The van der Waals surface area contributed by atoms with E-state index in [-0.39, 0.29) is 24.5 Å². The molecule has 0 unspecified atom stereocenters. The van der Waals surface area contributed by atoms with Crippen LogP contribution in [0.15, 0.2) is 42.5 Å². The fraction of sp³-hybridized carbons (Fsp3) is 0.300. The molecule has 0 aliphatic rings. The van der Waals surface area contributed by atoms with Crippen molar-refractivity contribution < 1.29 is 37.3 Å². The molecule has 30 heavy (non-hydrogen) atoms. The average molecular weight is 444 g/mol. The van der Waals surface area contributed by atoms with Crippen LogP contribution in [0.25, 0.3) is 0 Å². The van der Waals surface area contributed by atoms with Gasteiger partial charge in [0.1, 0.15) is 11.9 Å². The predicted molar refractivity (Wildman–Crippen MR) is 104 cm³/mol. The number of carbonyl (C=O) groups is 2. The third kappa shape index (κ3) is 6.85. The molecule has 2 aromatic carbocycles. The molecule has 1 amide bonds. The van der Waals surface area contributed by atoms with Crippen molar-refractivity contribution in [1.29, 1.82) is 0 Å². The Labute approximate surface area is 176 Å². The van der Waals surface area contributed by atoms with Gasteiger partial charge < -0.3 is 24.3 Å². The molecule has 0 radical (unpaired) electrons. The first-order valence-corrected chi connectivity index (χ1v) is 9.08. The average Bonchev–Trinajstić information content (AvgIpc) is 2.72. The summed E-state index contributed by atoms with van der Waals surface area (Å²) in [4.78, 5) is 23.2. The molecular formula is C20H20ClF2NO6. The second-order valence-corrected chi connectivity index (χ2v) is 6.32. The summed E-state index contributed by atoms with van der Waals surface area (Å²) in [5, 5.41) is 2.90. The van der Waals surface area contributed by atoms with Gasteiger partial charge in [-0.25, -0.2) is 9.59 Å². The van der Waals surface area contributed by atoms with Gasteiger partial charge >= 0.3 is 18.7 Å². The molecule has 10 heteroatoms. The first-order valence-electron chi connectivity index (χ1n) is 8.71. The molecule has 1 atom stereocenters. The van der Waals surface area contributed by atoms with Gasteiger partial charge in [0.15, 0.2) is 0 Å². The number of hydrogen-bond donors (Lipinski definition) is 1. The molecule has 0 spiro atoms. The Hall–Kier alpha value is -2.91. The molecule has 0 saturated heterocycles. The zero-order valence-corrected chi connectivity index (χ0v) is 16.9. The molecule has 0 bridgehead atoms. The van der Waals surface area contributed by atoms with Gasteiger partial charge in [0, 0.05) is 11.6 Å². The quantitative estimate of drug-likeness (QED) is 0.462. The molecule has 0 aliphatic heterocycles. The van der Waals surface area contributed by atoms with Crippen molar-refractivity contribution in [2.45, 2.75) is 12.7 Å². The van der Waals surface area contributed by atoms with Gasteiger partial charge in [-0.2, -0.15) is 8.78 Å². The molecule has 0 fully saturated rings. The number of ether oxygens (including phenoxy) is 4. The van der Waals surface area contributed by atoms with Crippen molar-refractivity contribution in [1.82, 2.24) is 5.32 Å². The molecule has 0 saturated carbocycles. The number of alkyl halides is 2. The smallest absolute Gasteiger partial charge is 0.406 e. The molecule has 0 heterocycles. The Morgan fingerprint density at radius 3 is 2.47 bits per heavy atom. The maximum absolute atomic E-state index is 12.8. The summed E-state index contributed by atoms with van der Waals surface area (Å²) < 4.78 is 45.0. The summed E-state index contributed by atoms with van der Waals surface area (Å²) in [5.41, 5.74) is 0.966. The predicted octanol–water partition coefficient (Wildman–Crippen LogP) is 4.19. The Morgan fingerprint density at radius 1 is 1.07 bits per heavy atom. The first-order chi connectivity index (χ1) is 14.3. The van der Waals surface area contributed by atoms with Crippen LogP contribution in [0.1, 0.15) is 27.6 Å². The molecular weight excluding hydrogens is 424 g/mol. The number of benzene rings is 2. The summed E-state index contributed by atoms with van der Waals surface area (Å²) in [6.07, 6.45) is -1.43. The van der Waals surface area contributed by atoms with E-state index in [1.165, 1.54) is 26.4 Å². The van der Waals surface area contributed by atoms with Gasteiger partial charge in [0.2, 0.25) is 0 Å². The van der Waals surface area contributed by atoms with Crippen molar-refractivity contribution in [2.24, 2.45) is 0 Å². The van der Waals surface area contributed by atoms with Crippen LogP contribution in [0.4, 0.5) is 13.6 Å². The van der Waals surface area contributed by atoms with Gasteiger partial charge in [-0.05, 0) is 41.5 Å². The van der Waals surface area contributed by atoms with E-state index < -0.39 is 24.8 Å². The summed E-state index contributed by atoms with van der Waals surface area (Å²) in [7, 11) is 2.40. The number of amides is 1. The molecule has 0 aromatic heterocycles. The highest BCUT2D eigenvalue weighted by Gasteiger charge is 2.20. The van der Waals surface area contributed by atoms with Crippen LogP contribution in [0, 0.1) is 0 Å². The number of nitrogens with one attached hydrogen (secondary N) is 1. The van der Waals surface area contributed by atoms with E-state index in [1.807, 2.05) is 0 Å². The molecule has 2 aromatic rings. The van der Waals surface area contributed by atoms with Crippen molar-refractivity contribution >= 4 is 23.7 Å². The Morgan fingerprint density at radius 2 is 1.83 bits per heavy atom. The largest absolute Gasteiger partial charge is 0.465 e. The topological polar surface area (TPSA) is 83.1 Å². The second-order valence-electron chi connectivity index (χ2n) is 5.89. The summed E-state index contributed by atoms with van der Waals surface area (Å²) in [6, 6.07) is 10.6. The van der Waals surface area contributed by atoms with Crippen LogP contribution in [0.5, 0.6) is 5.75 Å². The maximum Gasteiger partial charge on any atom is 0.406 e. The summed E-state index contributed by atoms with van der Waals surface area (Å²) >= 11 is 6.08. The van der Waals surface area contributed by atoms with E-state index in [0.29, 0.717) is 16.1 Å². The molecule has 7 nitrogen and oxygen atoms in total. The van der Waals surface area contributed by atoms with Gasteiger partial charge in [-0.3, -0.25) is 0 Å². The van der Waals surface area contributed by atoms with E-state index in [0.717, 1.165) is 6.07 Å². The lowest BCUT2D eigenvalue weighted by atomic mass is 9.99. The van der Waals surface area contributed by atoms with E-state index in [2.05, 4.69) is 19.5 Å². The van der Waals surface area contributed by atoms with Crippen molar-refractivity contribution in [3.05, 3.63) is 64.2 Å². The number of rotatable bonds is 9. The summed E-state index contributed by atoms with van der Waals surface area (Å²) in [6.45, 7) is -2.90. The maximum atomic E-state index is 12.8. The van der Waals surface area contributed by atoms with Crippen LogP contribution >= 0.6 is 11.6 Å².